The van der Waals surface area contributed by atoms with E-state index >= 15 is 0 Å². The maximum absolute atomic E-state index is 10.2. The topological polar surface area (TPSA) is 99.5 Å². The highest BCUT2D eigenvalue weighted by Crippen LogP contribution is 2.27. The molecule has 1 aliphatic heterocycles. The Bertz CT molecular complexity index is 853. The highest BCUT2D eigenvalue weighted by molar-refractivity contribution is 7.17. The highest BCUT2D eigenvalue weighted by Gasteiger charge is 2.21. The zero-order valence-corrected chi connectivity index (χ0v) is 16.3. The molecule has 0 atom stereocenters. The van der Waals surface area contributed by atoms with E-state index in [-0.39, 0.29) is 12.4 Å². The fourth-order valence-electron chi connectivity index (χ4n) is 2.93. The van der Waals surface area contributed by atoms with Gasteiger partial charge in [-0.3, -0.25) is 0 Å². The summed E-state index contributed by atoms with van der Waals surface area (Å²) in [6.45, 7) is 7.96. The number of amidine groups is 1. The quantitative estimate of drug-likeness (QED) is 0.270. The first-order valence-electron chi connectivity index (χ1n) is 8.75. The van der Waals surface area contributed by atoms with Gasteiger partial charge in [-0.15, -0.1) is 5.10 Å². The molecule has 9 heteroatoms. The zero-order chi connectivity index (χ0) is 19.2. The maximum atomic E-state index is 10.2. The van der Waals surface area contributed by atoms with Crippen LogP contribution in [0.1, 0.15) is 16.0 Å². The van der Waals surface area contributed by atoms with Gasteiger partial charge in [0.1, 0.15) is 12.8 Å². The summed E-state index contributed by atoms with van der Waals surface area (Å²) in [4.78, 5) is 20.1. The zero-order valence-electron chi connectivity index (χ0n) is 15.5. The van der Waals surface area contributed by atoms with Crippen LogP contribution in [0.4, 0.5) is 10.8 Å². The summed E-state index contributed by atoms with van der Waals surface area (Å²) in [5.41, 5.74) is 9.80. The number of rotatable bonds is 6. The van der Waals surface area contributed by atoms with Crippen molar-refractivity contribution in [2.24, 2.45) is 21.2 Å². The third-order valence-electron chi connectivity index (χ3n) is 4.37. The third kappa shape index (κ3) is 4.68. The number of piperazine rings is 1. The molecule has 0 spiro atoms. The normalized spacial score (nSPS) is 15.6. The van der Waals surface area contributed by atoms with Crippen molar-refractivity contribution in [1.29, 1.82) is 0 Å². The largest absolute Gasteiger partial charge is 0.381 e. The minimum Gasteiger partial charge on any atom is -0.381 e. The molecule has 3 rings (SSSR count). The lowest BCUT2D eigenvalue weighted by Crippen LogP contribution is -2.46. The van der Waals surface area contributed by atoms with E-state index in [9.17, 15) is 4.79 Å². The van der Waals surface area contributed by atoms with Gasteiger partial charge < -0.3 is 20.3 Å². The molecule has 1 saturated heterocycles. The molecule has 1 aromatic carbocycles. The van der Waals surface area contributed by atoms with Gasteiger partial charge in [-0.1, -0.05) is 23.5 Å². The van der Waals surface area contributed by atoms with Crippen LogP contribution in [0.5, 0.6) is 0 Å². The van der Waals surface area contributed by atoms with E-state index < -0.39 is 0 Å². The van der Waals surface area contributed by atoms with E-state index in [0.717, 1.165) is 36.2 Å². The van der Waals surface area contributed by atoms with Crippen LogP contribution in [0.2, 0.25) is 0 Å². The number of hydrogen-bond acceptors (Lipinski definition) is 7. The molecule has 142 valence electrons. The van der Waals surface area contributed by atoms with Crippen LogP contribution < -0.4 is 15.5 Å². The molecular formula is C18H23N7OS. The number of carbonyl (C=O) groups excluding carboxylic acids is 1. The van der Waals surface area contributed by atoms with Crippen LogP contribution in [-0.4, -0.2) is 49.8 Å². The third-order valence-corrected chi connectivity index (χ3v) is 5.45. The summed E-state index contributed by atoms with van der Waals surface area (Å²) in [6.07, 6.45) is 2.35. The summed E-state index contributed by atoms with van der Waals surface area (Å²) < 4.78 is 0. The van der Waals surface area contributed by atoms with Gasteiger partial charge in [0.05, 0.1) is 11.1 Å². The summed E-state index contributed by atoms with van der Waals surface area (Å²) in [6, 6.07) is 6.58. The highest BCUT2D eigenvalue weighted by atomic mass is 32.1. The van der Waals surface area contributed by atoms with Gasteiger partial charge in [0.15, 0.2) is 11.0 Å². The summed E-state index contributed by atoms with van der Waals surface area (Å²) >= 11 is 1.48. The van der Waals surface area contributed by atoms with Crippen LogP contribution in [-0.2, 0) is 4.79 Å². The molecule has 1 aliphatic rings. The molecule has 2 aromatic rings. The number of thiazole rings is 1. The first kappa shape index (κ1) is 19.0. The minimum atomic E-state index is -0.0184. The van der Waals surface area contributed by atoms with E-state index in [2.05, 4.69) is 62.3 Å². The number of aromatic nitrogens is 1. The van der Waals surface area contributed by atoms with Crippen LogP contribution >= 0.6 is 11.3 Å². The Hall–Kier alpha value is -2.81. The Balaban J connectivity index is 1.62. The van der Waals surface area contributed by atoms with Gasteiger partial charge in [0.25, 0.3) is 0 Å². The Labute approximate surface area is 162 Å². The second kappa shape index (κ2) is 8.72. The predicted molar refractivity (Wildman–Crippen MR) is 109 cm³/mol. The first-order valence-corrected chi connectivity index (χ1v) is 9.57. The molecular weight excluding hydrogens is 362 g/mol. The van der Waals surface area contributed by atoms with Gasteiger partial charge in [0.2, 0.25) is 0 Å². The van der Waals surface area contributed by atoms with Gasteiger partial charge in [-0.05, 0) is 36.3 Å². The molecule has 0 bridgehead atoms. The lowest BCUT2D eigenvalue weighted by molar-refractivity contribution is -0.106. The average molecular weight is 385 g/mol. The number of aryl methyl sites for hydroxylation is 2. The number of aldehydes is 1. The molecule has 0 amide bonds. The summed E-state index contributed by atoms with van der Waals surface area (Å²) in [5.74, 6) is 0.252. The summed E-state index contributed by atoms with van der Waals surface area (Å²) in [7, 11) is 0. The van der Waals surface area contributed by atoms with E-state index in [1.165, 1.54) is 28.2 Å². The number of carbonyl (C=O) groups is 1. The molecule has 2 N–H and O–H groups in total. The monoisotopic (exact) mass is 385 g/mol. The number of hydrogen-bond donors (Lipinski definition) is 1. The number of anilines is 2. The van der Waals surface area contributed by atoms with Crippen molar-refractivity contribution < 1.29 is 4.79 Å². The van der Waals surface area contributed by atoms with Gasteiger partial charge in [-0.25, -0.2) is 4.98 Å². The second-order valence-corrected chi connectivity index (χ2v) is 7.35. The van der Waals surface area contributed by atoms with E-state index in [4.69, 9.17) is 5.73 Å². The molecule has 2 heterocycles. The number of nitrogens with two attached hydrogens (primary N) is 1. The maximum Gasteiger partial charge on any atom is 0.186 e. The fraction of sp³-hybridized carbons (Fsp3) is 0.389. The van der Waals surface area contributed by atoms with Crippen LogP contribution in [0.25, 0.3) is 0 Å². The van der Waals surface area contributed by atoms with Crippen LogP contribution in [0.15, 0.2) is 39.8 Å². The molecule has 1 aromatic heterocycles. The smallest absolute Gasteiger partial charge is 0.186 e. The van der Waals surface area contributed by atoms with Crippen molar-refractivity contribution in [2.45, 2.75) is 13.8 Å². The predicted octanol–water partition coefficient (Wildman–Crippen LogP) is 2.36. The first-order chi connectivity index (χ1) is 13.1. The van der Waals surface area contributed by atoms with Crippen LogP contribution in [0, 0.1) is 13.8 Å². The number of nitrogens with zero attached hydrogens (tertiary/aromatic N) is 6. The molecule has 0 aliphatic carbocycles. The number of benzene rings is 1. The van der Waals surface area contributed by atoms with E-state index in [1.807, 2.05) is 0 Å². The average Bonchev–Trinajstić information content (AvgIpc) is 3.17. The SMILES string of the molecule is Cc1ccc(C)c(N2CCN(c3ncc(/C(N)=N/N=NCC=O)s3)CC2)c1. The summed E-state index contributed by atoms with van der Waals surface area (Å²) in [5, 5.41) is 11.8. The fourth-order valence-corrected chi connectivity index (χ4v) is 3.79. The Morgan fingerprint density at radius 2 is 2.00 bits per heavy atom. The Kier molecular flexibility index (Phi) is 6.12. The molecule has 1 fully saturated rings. The van der Waals surface area contributed by atoms with Crippen molar-refractivity contribution in [1.82, 2.24) is 4.98 Å². The van der Waals surface area contributed by atoms with Gasteiger partial charge >= 0.3 is 0 Å². The van der Waals surface area contributed by atoms with Gasteiger partial charge in [-0.2, -0.15) is 5.11 Å². The van der Waals surface area contributed by atoms with E-state index in [1.54, 1.807) is 6.20 Å². The van der Waals surface area contributed by atoms with Crippen molar-refractivity contribution in [3.05, 3.63) is 40.4 Å². The van der Waals surface area contributed by atoms with Gasteiger partial charge in [0, 0.05) is 31.9 Å². The molecule has 0 unspecified atom stereocenters. The lowest BCUT2D eigenvalue weighted by Gasteiger charge is -2.36. The van der Waals surface area contributed by atoms with Crippen molar-refractivity contribution in [2.75, 3.05) is 42.5 Å². The Morgan fingerprint density at radius 1 is 1.26 bits per heavy atom. The second-order valence-electron chi connectivity index (χ2n) is 6.34. The molecule has 0 saturated carbocycles. The van der Waals surface area contributed by atoms with Crippen molar-refractivity contribution in [3.8, 4) is 0 Å². The van der Waals surface area contributed by atoms with Crippen molar-refractivity contribution in [3.63, 3.8) is 0 Å². The van der Waals surface area contributed by atoms with Crippen molar-refractivity contribution >= 4 is 34.3 Å². The molecule has 8 nitrogen and oxygen atoms in total. The minimum absolute atomic E-state index is 0.0184. The Morgan fingerprint density at radius 3 is 2.74 bits per heavy atom. The lowest BCUT2D eigenvalue weighted by atomic mass is 10.1. The van der Waals surface area contributed by atoms with Crippen LogP contribution in [0.3, 0.4) is 0 Å². The molecule has 27 heavy (non-hydrogen) atoms. The van der Waals surface area contributed by atoms with E-state index in [0.29, 0.717) is 6.29 Å². The standard InChI is InChI=1S/C18H23N7OS/c1-13-3-4-14(2)15(11-13)24-6-8-25(9-7-24)18-20-12-16(27-18)17(19)22-23-21-5-10-26/h3-4,10-12H,5-9H2,1-2H3,(H2,19,21,22). The molecule has 0 radical (unpaired) electrons.